The van der Waals surface area contributed by atoms with E-state index in [-0.39, 0.29) is 0 Å². The molecule has 0 atom stereocenters. The highest BCUT2D eigenvalue weighted by Gasteiger charge is 1.95. The Morgan fingerprint density at radius 3 is 1.78 bits per heavy atom. The van der Waals surface area contributed by atoms with E-state index in [1.807, 2.05) is 0 Å². The van der Waals surface area contributed by atoms with Crippen molar-refractivity contribution >= 4 is 15.9 Å². The van der Waals surface area contributed by atoms with Crippen LogP contribution in [-0.2, 0) is 11.8 Å². The predicted octanol–water partition coefficient (Wildman–Crippen LogP) is 6.26. The van der Waals surface area contributed by atoms with Gasteiger partial charge in [0.2, 0.25) is 0 Å². The number of halogens is 1. The molecule has 0 heterocycles. The largest absolute Gasteiger partial charge is 0.0876 e. The van der Waals surface area contributed by atoms with Crippen molar-refractivity contribution in [3.8, 4) is 0 Å². The van der Waals surface area contributed by atoms with Gasteiger partial charge < -0.3 is 0 Å². The number of hydrogen-bond acceptors (Lipinski definition) is 0. The number of alkyl halides is 1. The number of unbranched alkanes of at least 4 members (excludes halogenated alkanes) is 7. The average Bonchev–Trinajstić information content (AvgIpc) is 2.42. The number of rotatable bonds is 10. The number of aryl methyl sites for hydroxylation is 1. The Labute approximate surface area is 121 Å². The number of hydrogen-bond donors (Lipinski definition) is 0. The first-order chi connectivity index (χ1) is 8.86. The van der Waals surface area contributed by atoms with Crippen molar-refractivity contribution in [2.24, 2.45) is 0 Å². The van der Waals surface area contributed by atoms with E-state index in [0.29, 0.717) is 0 Å². The summed E-state index contributed by atoms with van der Waals surface area (Å²) in [7, 11) is 0. The summed E-state index contributed by atoms with van der Waals surface area (Å²) in [6.45, 7) is 2.28. The zero-order valence-corrected chi connectivity index (χ0v) is 13.3. The molecule has 0 aliphatic carbocycles. The van der Waals surface area contributed by atoms with E-state index in [4.69, 9.17) is 0 Å². The zero-order chi connectivity index (χ0) is 13.1. The first kappa shape index (κ1) is 15.8. The predicted molar refractivity (Wildman–Crippen MR) is 85.4 cm³/mol. The van der Waals surface area contributed by atoms with Crippen molar-refractivity contribution in [1.82, 2.24) is 0 Å². The molecule has 0 amide bonds. The van der Waals surface area contributed by atoms with Crippen LogP contribution in [0, 0.1) is 0 Å². The van der Waals surface area contributed by atoms with Crippen molar-refractivity contribution < 1.29 is 0 Å². The van der Waals surface area contributed by atoms with Gasteiger partial charge in [-0.15, -0.1) is 0 Å². The third kappa shape index (κ3) is 7.20. The van der Waals surface area contributed by atoms with Crippen LogP contribution in [0.2, 0.25) is 0 Å². The fourth-order valence-electron chi connectivity index (χ4n) is 2.26. The molecule has 0 saturated carbocycles. The van der Waals surface area contributed by atoms with Crippen LogP contribution in [0.15, 0.2) is 24.3 Å². The van der Waals surface area contributed by atoms with Crippen molar-refractivity contribution in [1.29, 1.82) is 0 Å². The van der Waals surface area contributed by atoms with Crippen LogP contribution in [-0.4, -0.2) is 0 Å². The molecule has 18 heavy (non-hydrogen) atoms. The fraction of sp³-hybridized carbons (Fsp3) is 0.647. The maximum absolute atomic E-state index is 3.48. The fourth-order valence-corrected chi connectivity index (χ4v) is 2.63. The van der Waals surface area contributed by atoms with Crippen LogP contribution in [0.4, 0.5) is 0 Å². The molecule has 0 saturated heterocycles. The van der Waals surface area contributed by atoms with Crippen LogP contribution in [0.1, 0.15) is 69.4 Å². The van der Waals surface area contributed by atoms with Gasteiger partial charge >= 0.3 is 0 Å². The van der Waals surface area contributed by atoms with Crippen LogP contribution in [0.5, 0.6) is 0 Å². The summed E-state index contributed by atoms with van der Waals surface area (Å²) >= 11 is 3.48. The van der Waals surface area contributed by atoms with Gasteiger partial charge in [-0.2, -0.15) is 0 Å². The minimum Gasteiger partial charge on any atom is -0.0876 e. The van der Waals surface area contributed by atoms with E-state index < -0.39 is 0 Å². The standard InChI is InChI=1S/C17H27Br/c1-2-3-4-5-6-7-8-9-10-16-11-13-17(15-18)14-12-16/h11-14H,2-10,15H2,1H3. The van der Waals surface area contributed by atoms with Gasteiger partial charge in [-0.3, -0.25) is 0 Å². The smallest absolute Gasteiger partial charge is 0.0283 e. The lowest BCUT2D eigenvalue weighted by molar-refractivity contribution is 0.575. The van der Waals surface area contributed by atoms with Gasteiger partial charge in [0, 0.05) is 5.33 Å². The Kier molecular flexibility index (Phi) is 9.28. The monoisotopic (exact) mass is 310 g/mol. The summed E-state index contributed by atoms with van der Waals surface area (Å²) in [5.74, 6) is 0. The molecule has 0 spiro atoms. The van der Waals surface area contributed by atoms with Gasteiger partial charge in [-0.05, 0) is 24.0 Å². The zero-order valence-electron chi connectivity index (χ0n) is 11.8. The van der Waals surface area contributed by atoms with Gasteiger partial charge in [-0.25, -0.2) is 0 Å². The molecular weight excluding hydrogens is 284 g/mol. The summed E-state index contributed by atoms with van der Waals surface area (Å²) in [6, 6.07) is 9.01. The normalized spacial score (nSPS) is 10.8. The van der Waals surface area contributed by atoms with Gasteiger partial charge in [0.05, 0.1) is 0 Å². The molecule has 0 N–H and O–H groups in total. The molecule has 0 unspecified atom stereocenters. The molecule has 0 bridgehead atoms. The first-order valence-electron chi connectivity index (χ1n) is 7.50. The summed E-state index contributed by atoms with van der Waals surface area (Å²) < 4.78 is 0. The topological polar surface area (TPSA) is 0 Å². The molecule has 0 nitrogen and oxygen atoms in total. The van der Waals surface area contributed by atoms with E-state index in [1.165, 1.54) is 68.9 Å². The maximum Gasteiger partial charge on any atom is 0.0283 e. The van der Waals surface area contributed by atoms with Crippen LogP contribution < -0.4 is 0 Å². The summed E-state index contributed by atoms with van der Waals surface area (Å²) in [6.07, 6.45) is 12.5. The van der Waals surface area contributed by atoms with Gasteiger partial charge in [0.25, 0.3) is 0 Å². The average molecular weight is 311 g/mol. The van der Waals surface area contributed by atoms with Crippen LogP contribution in [0.3, 0.4) is 0 Å². The van der Waals surface area contributed by atoms with Gasteiger partial charge in [0.15, 0.2) is 0 Å². The van der Waals surface area contributed by atoms with Crippen molar-refractivity contribution in [2.45, 2.75) is 70.0 Å². The highest BCUT2D eigenvalue weighted by molar-refractivity contribution is 9.08. The molecule has 0 aliphatic heterocycles. The minimum absolute atomic E-state index is 0.963. The SMILES string of the molecule is CCCCCCCCCCc1ccc(CBr)cc1. The third-order valence-corrected chi connectivity index (χ3v) is 4.14. The summed E-state index contributed by atoms with van der Waals surface area (Å²) in [5, 5.41) is 0.963. The molecule has 1 heteroatoms. The van der Waals surface area contributed by atoms with Crippen molar-refractivity contribution in [3.63, 3.8) is 0 Å². The van der Waals surface area contributed by atoms with Crippen LogP contribution >= 0.6 is 15.9 Å². The highest BCUT2D eigenvalue weighted by Crippen LogP contribution is 2.13. The van der Waals surface area contributed by atoms with Crippen molar-refractivity contribution in [3.05, 3.63) is 35.4 Å². The van der Waals surface area contributed by atoms with Gasteiger partial charge in [0.1, 0.15) is 0 Å². The Hall–Kier alpha value is -0.300. The molecule has 1 aromatic carbocycles. The highest BCUT2D eigenvalue weighted by atomic mass is 79.9. The minimum atomic E-state index is 0.963. The van der Waals surface area contributed by atoms with E-state index in [0.717, 1.165) is 5.33 Å². The second-order valence-corrected chi connectivity index (χ2v) is 5.74. The van der Waals surface area contributed by atoms with Gasteiger partial charge in [-0.1, -0.05) is 92.1 Å². The van der Waals surface area contributed by atoms with Crippen molar-refractivity contribution in [2.75, 3.05) is 0 Å². The lowest BCUT2D eigenvalue weighted by Gasteiger charge is -2.03. The summed E-state index contributed by atoms with van der Waals surface area (Å²) in [5.41, 5.74) is 2.86. The lowest BCUT2D eigenvalue weighted by atomic mass is 10.0. The first-order valence-corrected chi connectivity index (χ1v) is 8.62. The van der Waals surface area contributed by atoms with E-state index in [1.54, 1.807) is 0 Å². The Morgan fingerprint density at radius 1 is 0.722 bits per heavy atom. The molecule has 1 aromatic rings. The van der Waals surface area contributed by atoms with E-state index in [2.05, 4.69) is 47.1 Å². The number of benzene rings is 1. The molecule has 0 aromatic heterocycles. The molecule has 0 radical (unpaired) electrons. The van der Waals surface area contributed by atoms with E-state index in [9.17, 15) is 0 Å². The van der Waals surface area contributed by atoms with Crippen LogP contribution in [0.25, 0.3) is 0 Å². The van der Waals surface area contributed by atoms with E-state index >= 15 is 0 Å². The Bertz CT molecular complexity index is 289. The quantitative estimate of drug-likeness (QED) is 0.353. The second-order valence-electron chi connectivity index (χ2n) is 5.18. The molecule has 0 aliphatic rings. The lowest BCUT2D eigenvalue weighted by Crippen LogP contribution is -1.87. The Balaban J connectivity index is 2.00. The second kappa shape index (κ2) is 10.6. The Morgan fingerprint density at radius 2 is 1.22 bits per heavy atom. The maximum atomic E-state index is 3.48. The summed E-state index contributed by atoms with van der Waals surface area (Å²) in [4.78, 5) is 0. The molecular formula is C17H27Br. The molecule has 0 fully saturated rings. The third-order valence-electron chi connectivity index (χ3n) is 3.50. The molecule has 102 valence electrons. The molecule has 1 rings (SSSR count).